The summed E-state index contributed by atoms with van der Waals surface area (Å²) in [7, 11) is 0. The van der Waals surface area contributed by atoms with Crippen LogP contribution in [-0.4, -0.2) is 35.1 Å². The fourth-order valence-electron chi connectivity index (χ4n) is 1.15. The van der Waals surface area contributed by atoms with Crippen LogP contribution in [0.2, 0.25) is 0 Å². The number of aliphatic hydroxyl groups excluding tert-OH is 2. The van der Waals surface area contributed by atoms with Crippen LogP contribution in [0.15, 0.2) is 0 Å². The van der Waals surface area contributed by atoms with Crippen LogP contribution in [0.4, 0.5) is 0 Å². The van der Waals surface area contributed by atoms with Crippen molar-refractivity contribution in [2.24, 2.45) is 0 Å². The maximum absolute atomic E-state index is 9.23. The summed E-state index contributed by atoms with van der Waals surface area (Å²) >= 11 is 0. The molecule has 3 atom stereocenters. The maximum Gasteiger partial charge on any atom is 0.121 e. The Hall–Kier alpha value is -0.560. The van der Waals surface area contributed by atoms with Crippen LogP contribution >= 0.6 is 0 Å². The molecule has 0 spiro atoms. The second-order valence-electron chi connectivity index (χ2n) is 2.54. The monoisotopic (exact) mass is 156 g/mol. The van der Waals surface area contributed by atoms with Crippen LogP contribution in [-0.2, 0) is 4.74 Å². The van der Waals surface area contributed by atoms with Crippen LogP contribution in [0.3, 0.4) is 0 Å². The first kappa shape index (κ1) is 8.54. The number of rotatable bonds is 1. The summed E-state index contributed by atoms with van der Waals surface area (Å²) in [5, 5.41) is 17.9. The van der Waals surface area contributed by atoms with Crippen molar-refractivity contribution in [2.45, 2.75) is 31.7 Å². The van der Waals surface area contributed by atoms with E-state index in [0.29, 0.717) is 6.42 Å². The second-order valence-corrected chi connectivity index (χ2v) is 2.54. The molecule has 0 amide bonds. The summed E-state index contributed by atoms with van der Waals surface area (Å²) in [6.07, 6.45) is -0.703. The average molecular weight is 156 g/mol. The van der Waals surface area contributed by atoms with Crippen LogP contribution in [0.25, 0.3) is 0 Å². The quantitative estimate of drug-likeness (QED) is 0.504. The molecule has 11 heavy (non-hydrogen) atoms. The lowest BCUT2D eigenvalue weighted by Gasteiger charge is -2.08. The molecule has 0 aromatic heterocycles. The highest BCUT2D eigenvalue weighted by Crippen LogP contribution is 2.19. The molecule has 1 aliphatic rings. The van der Waals surface area contributed by atoms with Crippen molar-refractivity contribution in [3.8, 4) is 11.8 Å². The van der Waals surface area contributed by atoms with Gasteiger partial charge in [0.05, 0.1) is 12.7 Å². The summed E-state index contributed by atoms with van der Waals surface area (Å²) in [6.45, 7) is 1.59. The van der Waals surface area contributed by atoms with Gasteiger partial charge in [-0.1, -0.05) is 5.92 Å². The number of hydrogen-bond acceptors (Lipinski definition) is 3. The molecule has 0 saturated carbocycles. The predicted octanol–water partition coefficient (Wildman–Crippen LogP) is -0.480. The first-order valence-electron chi connectivity index (χ1n) is 3.64. The zero-order valence-electron chi connectivity index (χ0n) is 6.45. The van der Waals surface area contributed by atoms with Crippen LogP contribution in [0.5, 0.6) is 0 Å². The summed E-state index contributed by atoms with van der Waals surface area (Å²) in [4.78, 5) is 0. The van der Waals surface area contributed by atoms with E-state index in [9.17, 15) is 5.11 Å². The highest BCUT2D eigenvalue weighted by atomic mass is 16.5. The van der Waals surface area contributed by atoms with Crippen molar-refractivity contribution >= 4 is 0 Å². The summed E-state index contributed by atoms with van der Waals surface area (Å²) in [6, 6.07) is 0. The molecule has 1 rings (SSSR count). The largest absolute Gasteiger partial charge is 0.394 e. The zero-order valence-corrected chi connectivity index (χ0v) is 6.45. The fraction of sp³-hybridized carbons (Fsp3) is 0.750. The van der Waals surface area contributed by atoms with Gasteiger partial charge in [-0.2, -0.15) is 0 Å². The standard InChI is InChI=1S/C8H12O3/c1-2-3-6-4-7(10)8(5-9)11-6/h6-10H,4-5H2,1H3/t6?,7-,8+/m0/s1. The molecule has 0 bridgehead atoms. The third-order valence-corrected chi connectivity index (χ3v) is 1.71. The third kappa shape index (κ3) is 1.93. The summed E-state index contributed by atoms with van der Waals surface area (Å²) in [5.74, 6) is 5.50. The van der Waals surface area contributed by atoms with Gasteiger partial charge >= 0.3 is 0 Å². The SMILES string of the molecule is CC#CC1C[C@H](O)[C@@H](CO)O1. The zero-order chi connectivity index (χ0) is 8.27. The molecule has 1 aliphatic heterocycles. The lowest BCUT2D eigenvalue weighted by molar-refractivity contribution is -0.00870. The highest BCUT2D eigenvalue weighted by Gasteiger charge is 2.31. The van der Waals surface area contributed by atoms with Crippen molar-refractivity contribution in [2.75, 3.05) is 6.61 Å². The van der Waals surface area contributed by atoms with Gasteiger partial charge in [0.25, 0.3) is 0 Å². The molecule has 3 nitrogen and oxygen atoms in total. The lowest BCUT2D eigenvalue weighted by Crippen LogP contribution is -2.24. The van der Waals surface area contributed by atoms with E-state index < -0.39 is 12.2 Å². The molecule has 3 heteroatoms. The molecule has 1 fully saturated rings. The Kier molecular flexibility index (Phi) is 2.89. The van der Waals surface area contributed by atoms with Crippen molar-refractivity contribution in [1.29, 1.82) is 0 Å². The van der Waals surface area contributed by atoms with E-state index in [1.54, 1.807) is 6.92 Å². The van der Waals surface area contributed by atoms with Gasteiger partial charge in [-0.05, 0) is 6.92 Å². The summed E-state index contributed by atoms with van der Waals surface area (Å²) < 4.78 is 5.19. The predicted molar refractivity (Wildman–Crippen MR) is 39.8 cm³/mol. The van der Waals surface area contributed by atoms with Crippen LogP contribution < -0.4 is 0 Å². The van der Waals surface area contributed by atoms with Gasteiger partial charge < -0.3 is 14.9 Å². The number of ether oxygens (including phenoxy) is 1. The van der Waals surface area contributed by atoms with E-state index >= 15 is 0 Å². The third-order valence-electron chi connectivity index (χ3n) is 1.71. The highest BCUT2D eigenvalue weighted by molar-refractivity contribution is 5.06. The summed E-state index contributed by atoms with van der Waals surface area (Å²) in [5.41, 5.74) is 0. The molecule has 0 aromatic rings. The Bertz CT molecular complexity index is 180. The molecular formula is C8H12O3. The molecule has 62 valence electrons. The Morgan fingerprint density at radius 3 is 2.82 bits per heavy atom. The van der Waals surface area contributed by atoms with Gasteiger partial charge in [-0.3, -0.25) is 0 Å². The Morgan fingerprint density at radius 2 is 2.36 bits per heavy atom. The lowest BCUT2D eigenvalue weighted by atomic mass is 10.1. The Morgan fingerprint density at radius 1 is 1.64 bits per heavy atom. The molecule has 1 heterocycles. The van der Waals surface area contributed by atoms with Crippen LogP contribution in [0.1, 0.15) is 13.3 Å². The molecule has 0 aromatic carbocycles. The second kappa shape index (κ2) is 3.72. The Labute approximate surface area is 66.0 Å². The van der Waals surface area contributed by atoms with Crippen molar-refractivity contribution in [3.05, 3.63) is 0 Å². The van der Waals surface area contributed by atoms with E-state index in [1.165, 1.54) is 0 Å². The van der Waals surface area contributed by atoms with E-state index in [0.717, 1.165) is 0 Å². The van der Waals surface area contributed by atoms with Crippen molar-refractivity contribution < 1.29 is 14.9 Å². The fourth-order valence-corrected chi connectivity index (χ4v) is 1.15. The van der Waals surface area contributed by atoms with Gasteiger partial charge in [0, 0.05) is 6.42 Å². The van der Waals surface area contributed by atoms with Crippen LogP contribution in [0, 0.1) is 11.8 Å². The Balaban J connectivity index is 2.47. The van der Waals surface area contributed by atoms with Gasteiger partial charge in [-0.15, -0.1) is 5.92 Å². The minimum atomic E-state index is -0.564. The molecule has 2 N–H and O–H groups in total. The van der Waals surface area contributed by atoms with Gasteiger partial charge in [0.2, 0.25) is 0 Å². The van der Waals surface area contributed by atoms with Crippen molar-refractivity contribution in [3.63, 3.8) is 0 Å². The maximum atomic E-state index is 9.23. The average Bonchev–Trinajstić information content (AvgIpc) is 2.32. The molecule has 1 saturated heterocycles. The minimum absolute atomic E-state index is 0.136. The minimum Gasteiger partial charge on any atom is -0.394 e. The molecule has 0 radical (unpaired) electrons. The number of aliphatic hydroxyl groups is 2. The van der Waals surface area contributed by atoms with Gasteiger partial charge in [0.15, 0.2) is 0 Å². The van der Waals surface area contributed by atoms with E-state index in [-0.39, 0.29) is 12.7 Å². The van der Waals surface area contributed by atoms with Gasteiger partial charge in [-0.25, -0.2) is 0 Å². The van der Waals surface area contributed by atoms with E-state index in [4.69, 9.17) is 9.84 Å². The van der Waals surface area contributed by atoms with E-state index in [2.05, 4.69) is 11.8 Å². The normalized spacial score (nSPS) is 36.5. The topological polar surface area (TPSA) is 49.7 Å². The smallest absolute Gasteiger partial charge is 0.121 e. The molecular weight excluding hydrogens is 144 g/mol. The number of hydrogen-bond donors (Lipinski definition) is 2. The first-order chi connectivity index (χ1) is 5.27. The molecule has 0 aliphatic carbocycles. The van der Waals surface area contributed by atoms with Gasteiger partial charge in [0.1, 0.15) is 12.2 Å². The van der Waals surface area contributed by atoms with E-state index in [1.807, 2.05) is 0 Å². The molecule has 1 unspecified atom stereocenters. The van der Waals surface area contributed by atoms with Crippen molar-refractivity contribution in [1.82, 2.24) is 0 Å². The first-order valence-corrected chi connectivity index (χ1v) is 3.64.